The number of amides is 1. The first-order valence-electron chi connectivity index (χ1n) is 9.05. The molecule has 0 atom stereocenters. The van der Waals surface area contributed by atoms with Crippen LogP contribution in [-0.4, -0.2) is 14.3 Å². The number of hydrogen-bond acceptors (Lipinski definition) is 3. The second-order valence-corrected chi connectivity index (χ2v) is 8.39. The minimum Gasteiger partial charge on any atom is -0.322 e. The Hall–Kier alpha value is -3.54. The fourth-order valence-electron chi connectivity index (χ4n) is 2.84. The zero-order valence-electron chi connectivity index (χ0n) is 16.3. The SMILES string of the molecule is O=C(Nc1cccc(S(=O)(=O)Nc2cccc(C(F)(F)F)c2)c1)c1ccccc1C(F)(F)F. The number of alkyl halides is 6. The van der Waals surface area contributed by atoms with Gasteiger partial charge in [0.15, 0.2) is 0 Å². The fourth-order valence-corrected chi connectivity index (χ4v) is 3.94. The van der Waals surface area contributed by atoms with Crippen molar-refractivity contribution >= 4 is 27.3 Å². The van der Waals surface area contributed by atoms with E-state index in [0.29, 0.717) is 6.07 Å². The Morgan fingerprint density at radius 1 is 0.727 bits per heavy atom. The topological polar surface area (TPSA) is 75.3 Å². The zero-order valence-corrected chi connectivity index (χ0v) is 17.1. The molecule has 3 rings (SSSR count). The molecule has 0 unspecified atom stereocenters. The van der Waals surface area contributed by atoms with E-state index in [1.807, 2.05) is 4.72 Å². The van der Waals surface area contributed by atoms with Crippen LogP contribution in [0.1, 0.15) is 21.5 Å². The fraction of sp³-hybridized carbons (Fsp3) is 0.0952. The van der Waals surface area contributed by atoms with Gasteiger partial charge in [0.25, 0.3) is 15.9 Å². The van der Waals surface area contributed by atoms with E-state index in [0.717, 1.165) is 48.5 Å². The lowest BCUT2D eigenvalue weighted by Crippen LogP contribution is -2.19. The third-order valence-corrected chi connectivity index (χ3v) is 5.70. The van der Waals surface area contributed by atoms with Gasteiger partial charge in [-0.3, -0.25) is 9.52 Å². The molecule has 0 spiro atoms. The second kappa shape index (κ2) is 8.77. The predicted molar refractivity (Wildman–Crippen MR) is 108 cm³/mol. The maximum atomic E-state index is 13.1. The summed E-state index contributed by atoms with van der Waals surface area (Å²) in [5, 5.41) is 2.20. The van der Waals surface area contributed by atoms with Crippen LogP contribution in [0.5, 0.6) is 0 Å². The van der Waals surface area contributed by atoms with Gasteiger partial charge in [0.2, 0.25) is 0 Å². The van der Waals surface area contributed by atoms with Crippen molar-refractivity contribution in [2.75, 3.05) is 10.0 Å². The van der Waals surface area contributed by atoms with Gasteiger partial charge in [-0.05, 0) is 48.5 Å². The molecule has 0 saturated carbocycles. The van der Waals surface area contributed by atoms with E-state index >= 15 is 0 Å². The lowest BCUT2D eigenvalue weighted by molar-refractivity contribution is -0.138. The summed E-state index contributed by atoms with van der Waals surface area (Å²) in [4.78, 5) is 12.0. The first kappa shape index (κ1) is 24.1. The lowest BCUT2D eigenvalue weighted by atomic mass is 10.1. The molecule has 0 aliphatic rings. The average Bonchev–Trinajstić information content (AvgIpc) is 2.72. The quantitative estimate of drug-likeness (QED) is 0.448. The van der Waals surface area contributed by atoms with Gasteiger partial charge in [-0.1, -0.05) is 24.3 Å². The van der Waals surface area contributed by atoms with E-state index in [1.54, 1.807) is 0 Å². The van der Waals surface area contributed by atoms with Crippen LogP contribution in [0.4, 0.5) is 37.7 Å². The molecule has 0 bridgehead atoms. The van der Waals surface area contributed by atoms with Crippen LogP contribution in [0.15, 0.2) is 77.7 Å². The van der Waals surface area contributed by atoms with E-state index in [-0.39, 0.29) is 11.4 Å². The van der Waals surface area contributed by atoms with Crippen LogP contribution in [0.25, 0.3) is 0 Å². The number of hydrogen-bond donors (Lipinski definition) is 2. The van der Waals surface area contributed by atoms with E-state index < -0.39 is 49.9 Å². The largest absolute Gasteiger partial charge is 0.417 e. The summed E-state index contributed by atoms with van der Waals surface area (Å²) in [5.74, 6) is -1.12. The summed E-state index contributed by atoms with van der Waals surface area (Å²) in [6.45, 7) is 0. The van der Waals surface area contributed by atoms with Crippen molar-refractivity contribution in [3.8, 4) is 0 Å². The molecule has 0 heterocycles. The molecule has 0 fully saturated rings. The van der Waals surface area contributed by atoms with Crippen molar-refractivity contribution < 1.29 is 39.6 Å². The maximum absolute atomic E-state index is 13.1. The lowest BCUT2D eigenvalue weighted by Gasteiger charge is -2.14. The molecule has 3 aromatic carbocycles. The number of carbonyl (C=O) groups is 1. The number of benzene rings is 3. The van der Waals surface area contributed by atoms with Crippen molar-refractivity contribution in [1.29, 1.82) is 0 Å². The first-order chi connectivity index (χ1) is 15.3. The van der Waals surface area contributed by atoms with Crippen molar-refractivity contribution in [3.05, 3.63) is 89.5 Å². The van der Waals surface area contributed by atoms with Crippen molar-refractivity contribution in [1.82, 2.24) is 0 Å². The molecule has 0 aliphatic carbocycles. The van der Waals surface area contributed by atoms with Gasteiger partial charge in [-0.2, -0.15) is 26.3 Å². The maximum Gasteiger partial charge on any atom is 0.417 e. The number of halogens is 6. The van der Waals surface area contributed by atoms with Crippen LogP contribution in [0.3, 0.4) is 0 Å². The summed E-state index contributed by atoms with van der Waals surface area (Å²) in [5.41, 5.74) is -3.38. The summed E-state index contributed by atoms with van der Waals surface area (Å²) < 4.78 is 105. The number of sulfonamides is 1. The van der Waals surface area contributed by atoms with E-state index in [1.165, 1.54) is 18.2 Å². The van der Waals surface area contributed by atoms with Gasteiger partial charge < -0.3 is 5.32 Å². The molecule has 0 saturated heterocycles. The Kier molecular flexibility index (Phi) is 6.41. The van der Waals surface area contributed by atoms with Crippen molar-refractivity contribution in [3.63, 3.8) is 0 Å². The van der Waals surface area contributed by atoms with Gasteiger partial charge in [0, 0.05) is 11.4 Å². The van der Waals surface area contributed by atoms with E-state index in [9.17, 15) is 39.6 Å². The standard InChI is InChI=1S/C21H14F6N2O3S/c22-20(23,24)13-5-3-7-15(11-13)29-33(31,32)16-8-4-6-14(12-16)28-19(30)17-9-1-2-10-18(17)21(25,26)27/h1-12,29H,(H,28,30). The molecule has 12 heteroatoms. The van der Waals surface area contributed by atoms with Gasteiger partial charge >= 0.3 is 12.4 Å². The number of anilines is 2. The molecule has 0 aliphatic heterocycles. The number of nitrogens with one attached hydrogen (secondary N) is 2. The monoisotopic (exact) mass is 488 g/mol. The molecule has 0 aromatic heterocycles. The molecule has 33 heavy (non-hydrogen) atoms. The Morgan fingerprint density at radius 2 is 1.36 bits per heavy atom. The predicted octanol–water partition coefficient (Wildman–Crippen LogP) is 5.78. The Balaban J connectivity index is 1.85. The smallest absolute Gasteiger partial charge is 0.322 e. The Labute approximate surface area is 184 Å². The molecule has 5 nitrogen and oxygen atoms in total. The number of carbonyl (C=O) groups excluding carboxylic acids is 1. The zero-order chi connectivity index (χ0) is 24.4. The van der Waals surface area contributed by atoms with Crippen LogP contribution in [-0.2, 0) is 22.4 Å². The van der Waals surface area contributed by atoms with Crippen LogP contribution >= 0.6 is 0 Å². The third-order valence-electron chi connectivity index (χ3n) is 4.32. The molecular formula is C21H14F6N2O3S. The van der Waals surface area contributed by atoms with Crippen molar-refractivity contribution in [2.45, 2.75) is 17.2 Å². The molecule has 3 aromatic rings. The minimum atomic E-state index is -4.78. The highest BCUT2D eigenvalue weighted by molar-refractivity contribution is 7.92. The second-order valence-electron chi connectivity index (χ2n) is 6.71. The minimum absolute atomic E-state index is 0.135. The molecule has 1 amide bonds. The molecular weight excluding hydrogens is 474 g/mol. The van der Waals surface area contributed by atoms with Gasteiger partial charge in [0.05, 0.1) is 21.6 Å². The first-order valence-corrected chi connectivity index (χ1v) is 10.5. The van der Waals surface area contributed by atoms with Gasteiger partial charge in [-0.25, -0.2) is 8.42 Å². The van der Waals surface area contributed by atoms with E-state index in [4.69, 9.17) is 0 Å². The highest BCUT2D eigenvalue weighted by atomic mass is 32.2. The van der Waals surface area contributed by atoms with Gasteiger partial charge in [0.1, 0.15) is 0 Å². The molecule has 2 N–H and O–H groups in total. The average molecular weight is 488 g/mol. The van der Waals surface area contributed by atoms with Crippen LogP contribution in [0.2, 0.25) is 0 Å². The summed E-state index contributed by atoms with van der Waals surface area (Å²) in [6.07, 6.45) is -9.47. The highest BCUT2D eigenvalue weighted by Gasteiger charge is 2.35. The summed E-state index contributed by atoms with van der Waals surface area (Å²) in [7, 11) is -4.38. The highest BCUT2D eigenvalue weighted by Crippen LogP contribution is 2.33. The molecule has 174 valence electrons. The van der Waals surface area contributed by atoms with Crippen molar-refractivity contribution in [2.24, 2.45) is 0 Å². The summed E-state index contributed by atoms with van der Waals surface area (Å²) in [6, 6.07) is 12.1. The summed E-state index contributed by atoms with van der Waals surface area (Å²) >= 11 is 0. The third kappa shape index (κ3) is 5.83. The Bertz CT molecular complexity index is 1290. The van der Waals surface area contributed by atoms with Crippen LogP contribution < -0.4 is 10.0 Å². The van der Waals surface area contributed by atoms with Gasteiger partial charge in [-0.15, -0.1) is 0 Å². The number of rotatable bonds is 5. The van der Waals surface area contributed by atoms with E-state index in [2.05, 4.69) is 5.32 Å². The molecule has 0 radical (unpaired) electrons. The normalized spacial score (nSPS) is 12.3. The Morgan fingerprint density at radius 3 is 2.03 bits per heavy atom. The van der Waals surface area contributed by atoms with Crippen LogP contribution in [0, 0.1) is 0 Å².